The monoisotopic (exact) mass is 312 g/mol. The fourth-order valence-corrected chi connectivity index (χ4v) is 5.63. The molecule has 118 valence electrons. The Kier molecular flexibility index (Phi) is 4.07. The van der Waals surface area contributed by atoms with Gasteiger partial charge in [0.25, 0.3) is 0 Å². The van der Waals surface area contributed by atoms with Crippen LogP contribution in [0.5, 0.6) is 0 Å². The zero-order valence-electron chi connectivity index (χ0n) is 12.8. The summed E-state index contributed by atoms with van der Waals surface area (Å²) in [7, 11) is -0.928. The number of hydrogen-bond donors (Lipinski definition) is 0. The Morgan fingerprint density at radius 3 is 2.52 bits per heavy atom. The molecule has 6 nitrogen and oxygen atoms in total. The van der Waals surface area contributed by atoms with E-state index >= 15 is 0 Å². The van der Waals surface area contributed by atoms with Gasteiger partial charge in [-0.2, -0.15) is 0 Å². The van der Waals surface area contributed by atoms with Crippen molar-refractivity contribution in [2.45, 2.75) is 32.0 Å². The maximum atomic E-state index is 12.1. The molecular weight excluding hydrogens is 288 g/mol. The fraction of sp³-hybridized carbons (Fsp3) is 0.786. The van der Waals surface area contributed by atoms with Crippen molar-refractivity contribution in [2.24, 2.45) is 7.05 Å². The summed E-state index contributed by atoms with van der Waals surface area (Å²) in [5.41, 5.74) is 0. The molecule has 3 rings (SSSR count). The van der Waals surface area contributed by atoms with E-state index in [1.165, 1.54) is 0 Å². The summed E-state index contributed by atoms with van der Waals surface area (Å²) in [5, 5.41) is 0. The van der Waals surface area contributed by atoms with Crippen molar-refractivity contribution in [1.82, 2.24) is 19.4 Å². The first-order chi connectivity index (χ1) is 10.00. The van der Waals surface area contributed by atoms with Crippen LogP contribution in [0.25, 0.3) is 0 Å². The zero-order chi connectivity index (χ0) is 15.0. The highest BCUT2D eigenvalue weighted by molar-refractivity contribution is 7.91. The van der Waals surface area contributed by atoms with Gasteiger partial charge in [-0.1, -0.05) is 6.92 Å². The van der Waals surface area contributed by atoms with E-state index in [1.807, 2.05) is 17.8 Å². The molecule has 2 aliphatic rings. The van der Waals surface area contributed by atoms with E-state index < -0.39 is 9.84 Å². The van der Waals surface area contributed by atoms with Crippen LogP contribution < -0.4 is 0 Å². The van der Waals surface area contributed by atoms with E-state index in [0.29, 0.717) is 11.5 Å². The van der Waals surface area contributed by atoms with Gasteiger partial charge >= 0.3 is 0 Å². The van der Waals surface area contributed by atoms with Crippen LogP contribution in [0.15, 0.2) is 12.4 Å². The van der Waals surface area contributed by atoms with Gasteiger partial charge in [-0.05, 0) is 13.0 Å². The van der Waals surface area contributed by atoms with Crippen molar-refractivity contribution in [3.8, 4) is 0 Å². The molecule has 2 fully saturated rings. The van der Waals surface area contributed by atoms with Crippen molar-refractivity contribution in [2.75, 3.05) is 31.1 Å². The lowest BCUT2D eigenvalue weighted by molar-refractivity contribution is 0.0385. The standard InChI is InChI=1S/C14H24N4O2S/c1-3-5-17-7-8-18(9-14-15-4-6-16(14)2)13-11-21(19,20)10-12(13)17/h4,6,12-13H,3,5,7-11H2,1-2H3. The first kappa shape index (κ1) is 15.0. The average molecular weight is 312 g/mol. The number of aromatic nitrogens is 2. The SMILES string of the molecule is CCCN1CCN(Cc2nccn2C)C2CS(=O)(=O)CC21. The van der Waals surface area contributed by atoms with E-state index in [1.54, 1.807) is 6.20 Å². The Morgan fingerprint density at radius 2 is 1.90 bits per heavy atom. The number of rotatable bonds is 4. The molecule has 2 saturated heterocycles. The van der Waals surface area contributed by atoms with E-state index in [-0.39, 0.29) is 12.1 Å². The summed E-state index contributed by atoms with van der Waals surface area (Å²) in [5.74, 6) is 1.61. The summed E-state index contributed by atoms with van der Waals surface area (Å²) < 4.78 is 26.2. The lowest BCUT2D eigenvalue weighted by Crippen LogP contribution is -2.58. The number of hydrogen-bond acceptors (Lipinski definition) is 5. The quantitative estimate of drug-likeness (QED) is 0.790. The fourth-order valence-electron chi connectivity index (χ4n) is 3.59. The zero-order valence-corrected chi connectivity index (χ0v) is 13.6. The second kappa shape index (κ2) is 5.70. The van der Waals surface area contributed by atoms with Crippen LogP contribution >= 0.6 is 0 Å². The number of imidazole rings is 1. The molecule has 2 aliphatic heterocycles. The molecule has 3 heterocycles. The van der Waals surface area contributed by atoms with Gasteiger partial charge in [0.05, 0.1) is 18.1 Å². The molecule has 2 unspecified atom stereocenters. The second-order valence-corrected chi connectivity index (χ2v) is 8.33. The molecule has 0 bridgehead atoms. The van der Waals surface area contributed by atoms with E-state index in [2.05, 4.69) is 21.7 Å². The summed E-state index contributed by atoms with van der Waals surface area (Å²) >= 11 is 0. The summed E-state index contributed by atoms with van der Waals surface area (Å²) in [6.45, 7) is 5.75. The number of aryl methyl sites for hydroxylation is 1. The van der Waals surface area contributed by atoms with Gasteiger partial charge in [0, 0.05) is 44.6 Å². The van der Waals surface area contributed by atoms with Crippen LogP contribution in [0.1, 0.15) is 19.2 Å². The molecule has 7 heteroatoms. The molecule has 1 aromatic heterocycles. The molecule has 21 heavy (non-hydrogen) atoms. The van der Waals surface area contributed by atoms with Gasteiger partial charge in [0.2, 0.25) is 0 Å². The van der Waals surface area contributed by atoms with Crippen LogP contribution in [0.2, 0.25) is 0 Å². The number of piperazine rings is 1. The highest BCUT2D eigenvalue weighted by Crippen LogP contribution is 2.28. The predicted molar refractivity (Wildman–Crippen MR) is 81.7 cm³/mol. The summed E-state index contributed by atoms with van der Waals surface area (Å²) in [6.07, 6.45) is 4.81. The largest absolute Gasteiger partial charge is 0.337 e. The normalized spacial score (nSPS) is 29.6. The molecule has 0 aromatic carbocycles. The van der Waals surface area contributed by atoms with Crippen LogP contribution in [0.4, 0.5) is 0 Å². The molecular formula is C14H24N4O2S. The van der Waals surface area contributed by atoms with Gasteiger partial charge in [0.15, 0.2) is 9.84 Å². The highest BCUT2D eigenvalue weighted by Gasteiger charge is 2.46. The van der Waals surface area contributed by atoms with Crippen LogP contribution in [0.3, 0.4) is 0 Å². The Labute approximate surface area is 126 Å². The Bertz CT molecular complexity index is 598. The minimum absolute atomic E-state index is 0.118. The topological polar surface area (TPSA) is 58.4 Å². The van der Waals surface area contributed by atoms with Crippen LogP contribution in [-0.4, -0.2) is 71.0 Å². The van der Waals surface area contributed by atoms with E-state index in [4.69, 9.17) is 0 Å². The average Bonchev–Trinajstić information content (AvgIpc) is 2.96. The van der Waals surface area contributed by atoms with Crippen molar-refractivity contribution >= 4 is 9.84 Å². The summed E-state index contributed by atoms with van der Waals surface area (Å²) in [4.78, 5) is 9.05. The molecule has 0 N–H and O–H groups in total. The smallest absolute Gasteiger partial charge is 0.153 e. The van der Waals surface area contributed by atoms with Crippen molar-refractivity contribution in [3.05, 3.63) is 18.2 Å². The van der Waals surface area contributed by atoms with Gasteiger partial charge in [0.1, 0.15) is 5.82 Å². The third kappa shape index (κ3) is 3.00. The molecule has 0 spiro atoms. The van der Waals surface area contributed by atoms with Gasteiger partial charge in [-0.25, -0.2) is 13.4 Å². The molecule has 1 aromatic rings. The highest BCUT2D eigenvalue weighted by atomic mass is 32.2. The van der Waals surface area contributed by atoms with Crippen molar-refractivity contribution in [3.63, 3.8) is 0 Å². The minimum atomic E-state index is -2.91. The maximum absolute atomic E-state index is 12.1. The molecule has 0 saturated carbocycles. The second-order valence-electron chi connectivity index (χ2n) is 6.17. The van der Waals surface area contributed by atoms with E-state index in [9.17, 15) is 8.42 Å². The lowest BCUT2D eigenvalue weighted by atomic mass is 10.0. The van der Waals surface area contributed by atoms with Crippen LogP contribution in [0, 0.1) is 0 Å². The maximum Gasteiger partial charge on any atom is 0.153 e. The lowest BCUT2D eigenvalue weighted by Gasteiger charge is -2.43. The van der Waals surface area contributed by atoms with Gasteiger partial charge < -0.3 is 4.57 Å². The van der Waals surface area contributed by atoms with E-state index in [0.717, 1.165) is 38.4 Å². The molecule has 0 aliphatic carbocycles. The Morgan fingerprint density at radius 1 is 1.24 bits per heavy atom. The minimum Gasteiger partial charge on any atom is -0.337 e. The number of sulfone groups is 1. The summed E-state index contributed by atoms with van der Waals surface area (Å²) in [6, 6.07) is 0.274. The molecule has 0 amide bonds. The van der Waals surface area contributed by atoms with Gasteiger partial charge in [-0.3, -0.25) is 9.80 Å². The number of nitrogens with zero attached hydrogens (tertiary/aromatic N) is 4. The van der Waals surface area contributed by atoms with Crippen LogP contribution in [-0.2, 0) is 23.4 Å². The third-order valence-corrected chi connectivity index (χ3v) is 6.38. The first-order valence-corrected chi connectivity index (χ1v) is 9.47. The first-order valence-electron chi connectivity index (χ1n) is 7.65. The number of fused-ring (bicyclic) bond motifs is 1. The van der Waals surface area contributed by atoms with Crippen molar-refractivity contribution in [1.29, 1.82) is 0 Å². The molecule has 2 atom stereocenters. The predicted octanol–water partition coefficient (Wildman–Crippen LogP) is 0.113. The third-order valence-electron chi connectivity index (χ3n) is 4.68. The molecule has 0 radical (unpaired) electrons. The van der Waals surface area contributed by atoms with Crippen molar-refractivity contribution < 1.29 is 8.42 Å². The van der Waals surface area contributed by atoms with Gasteiger partial charge in [-0.15, -0.1) is 0 Å². The Hall–Kier alpha value is -0.920. The Balaban J connectivity index is 1.79.